The van der Waals surface area contributed by atoms with Gasteiger partial charge in [-0.05, 0) is 30.2 Å². The third-order valence-electron chi connectivity index (χ3n) is 3.28. The Bertz CT molecular complexity index is 728. The molecule has 0 aliphatic carbocycles. The minimum Gasteiger partial charge on any atom is -0.398 e. The molecule has 3 rings (SSSR count). The number of hydrogen-bond donors (Lipinski definition) is 1. The molecule has 0 fully saturated rings. The standard InChI is InChI=1S/C15H16N4/c1-10(2)14-6-8-19(18-14)15-4-3-13(16)12-9-17-7-5-11(12)15/h3-10H,16H2,1-2H3. The van der Waals surface area contributed by atoms with E-state index in [9.17, 15) is 0 Å². The number of anilines is 1. The predicted octanol–water partition coefficient (Wildman–Crippen LogP) is 3.13. The third kappa shape index (κ3) is 1.95. The van der Waals surface area contributed by atoms with Gasteiger partial charge in [-0.1, -0.05) is 13.8 Å². The Morgan fingerprint density at radius 3 is 2.68 bits per heavy atom. The van der Waals surface area contributed by atoms with Crippen LogP contribution in [-0.4, -0.2) is 14.8 Å². The maximum absolute atomic E-state index is 5.99. The molecule has 2 aromatic heterocycles. The van der Waals surface area contributed by atoms with Crippen LogP contribution in [0.25, 0.3) is 16.5 Å². The molecular weight excluding hydrogens is 236 g/mol. The number of benzene rings is 1. The van der Waals surface area contributed by atoms with Gasteiger partial charge in [0.1, 0.15) is 0 Å². The summed E-state index contributed by atoms with van der Waals surface area (Å²) < 4.78 is 1.90. The second-order valence-corrected chi connectivity index (χ2v) is 4.94. The van der Waals surface area contributed by atoms with Crippen molar-refractivity contribution in [3.05, 3.63) is 48.5 Å². The van der Waals surface area contributed by atoms with Gasteiger partial charge in [-0.3, -0.25) is 4.98 Å². The highest BCUT2D eigenvalue weighted by Crippen LogP contribution is 2.26. The Morgan fingerprint density at radius 1 is 1.11 bits per heavy atom. The van der Waals surface area contributed by atoms with Crippen LogP contribution in [0.4, 0.5) is 5.69 Å². The van der Waals surface area contributed by atoms with Gasteiger partial charge < -0.3 is 5.73 Å². The summed E-state index contributed by atoms with van der Waals surface area (Å²) in [4.78, 5) is 4.13. The zero-order chi connectivity index (χ0) is 13.4. The first-order valence-electron chi connectivity index (χ1n) is 6.35. The highest BCUT2D eigenvalue weighted by Gasteiger charge is 2.09. The van der Waals surface area contributed by atoms with Gasteiger partial charge in [0.15, 0.2) is 0 Å². The van der Waals surface area contributed by atoms with Crippen LogP contribution in [0.3, 0.4) is 0 Å². The van der Waals surface area contributed by atoms with Crippen molar-refractivity contribution in [2.75, 3.05) is 5.73 Å². The second-order valence-electron chi connectivity index (χ2n) is 4.94. The van der Waals surface area contributed by atoms with Gasteiger partial charge in [-0.15, -0.1) is 0 Å². The molecule has 19 heavy (non-hydrogen) atoms. The highest BCUT2D eigenvalue weighted by molar-refractivity contribution is 5.97. The van der Waals surface area contributed by atoms with E-state index in [4.69, 9.17) is 5.73 Å². The molecule has 4 heteroatoms. The number of fused-ring (bicyclic) bond motifs is 1. The lowest BCUT2D eigenvalue weighted by molar-refractivity contribution is 0.770. The molecule has 0 aliphatic heterocycles. The Balaban J connectivity index is 2.22. The first-order valence-corrected chi connectivity index (χ1v) is 6.35. The molecule has 3 aromatic rings. The van der Waals surface area contributed by atoms with Crippen molar-refractivity contribution >= 4 is 16.5 Å². The molecule has 0 unspecified atom stereocenters. The van der Waals surface area contributed by atoms with E-state index >= 15 is 0 Å². The first kappa shape index (κ1) is 11.7. The van der Waals surface area contributed by atoms with Crippen molar-refractivity contribution in [2.45, 2.75) is 19.8 Å². The van der Waals surface area contributed by atoms with Gasteiger partial charge in [0.25, 0.3) is 0 Å². The average molecular weight is 252 g/mol. The maximum Gasteiger partial charge on any atom is 0.0726 e. The Labute approximate surface area is 111 Å². The molecule has 0 atom stereocenters. The summed E-state index contributed by atoms with van der Waals surface area (Å²) in [6.07, 6.45) is 5.56. The van der Waals surface area contributed by atoms with E-state index in [2.05, 4.69) is 23.9 Å². The summed E-state index contributed by atoms with van der Waals surface area (Å²) in [5, 5.41) is 6.64. The van der Waals surface area contributed by atoms with E-state index in [1.54, 1.807) is 12.4 Å². The van der Waals surface area contributed by atoms with Gasteiger partial charge in [-0.25, -0.2) is 4.68 Å². The number of aromatic nitrogens is 3. The van der Waals surface area contributed by atoms with Crippen LogP contribution in [-0.2, 0) is 0 Å². The van der Waals surface area contributed by atoms with E-state index in [1.165, 1.54) is 0 Å². The number of hydrogen-bond acceptors (Lipinski definition) is 3. The molecule has 0 bridgehead atoms. The summed E-state index contributed by atoms with van der Waals surface area (Å²) in [5.74, 6) is 0.419. The lowest BCUT2D eigenvalue weighted by Crippen LogP contribution is -1.99. The fourth-order valence-electron chi connectivity index (χ4n) is 2.18. The quantitative estimate of drug-likeness (QED) is 0.713. The van der Waals surface area contributed by atoms with E-state index < -0.39 is 0 Å². The molecule has 0 radical (unpaired) electrons. The molecule has 0 saturated heterocycles. The van der Waals surface area contributed by atoms with Gasteiger partial charge in [0.2, 0.25) is 0 Å². The molecular formula is C15H16N4. The summed E-state index contributed by atoms with van der Waals surface area (Å²) in [6.45, 7) is 4.27. The van der Waals surface area contributed by atoms with Crippen molar-refractivity contribution in [1.29, 1.82) is 0 Å². The smallest absolute Gasteiger partial charge is 0.0726 e. The highest BCUT2D eigenvalue weighted by atomic mass is 15.3. The van der Waals surface area contributed by atoms with E-state index in [1.807, 2.05) is 35.1 Å². The summed E-state index contributed by atoms with van der Waals surface area (Å²) in [7, 11) is 0. The van der Waals surface area contributed by atoms with Crippen LogP contribution in [0.15, 0.2) is 42.9 Å². The molecule has 2 heterocycles. The van der Waals surface area contributed by atoms with Gasteiger partial charge >= 0.3 is 0 Å². The van der Waals surface area contributed by atoms with Crippen LogP contribution >= 0.6 is 0 Å². The molecule has 1 aromatic carbocycles. The van der Waals surface area contributed by atoms with Crippen molar-refractivity contribution in [1.82, 2.24) is 14.8 Å². The molecule has 0 amide bonds. The van der Waals surface area contributed by atoms with Crippen LogP contribution in [0.5, 0.6) is 0 Å². The molecule has 0 aliphatic rings. The topological polar surface area (TPSA) is 56.7 Å². The fraction of sp³-hybridized carbons (Fsp3) is 0.200. The van der Waals surface area contributed by atoms with Gasteiger partial charge in [-0.2, -0.15) is 5.10 Å². The molecule has 4 nitrogen and oxygen atoms in total. The first-order chi connectivity index (χ1) is 9.16. The number of rotatable bonds is 2. The molecule has 2 N–H and O–H groups in total. The fourth-order valence-corrected chi connectivity index (χ4v) is 2.18. The normalized spacial score (nSPS) is 11.3. The second kappa shape index (κ2) is 4.39. The third-order valence-corrected chi connectivity index (χ3v) is 3.28. The number of nitrogens with zero attached hydrogens (tertiary/aromatic N) is 3. The van der Waals surface area contributed by atoms with Crippen LogP contribution < -0.4 is 5.73 Å². The van der Waals surface area contributed by atoms with Crippen molar-refractivity contribution in [2.24, 2.45) is 0 Å². The summed E-state index contributed by atoms with van der Waals surface area (Å²) in [6, 6.07) is 7.91. The Kier molecular flexibility index (Phi) is 2.71. The number of pyridine rings is 1. The van der Waals surface area contributed by atoms with Crippen molar-refractivity contribution < 1.29 is 0 Å². The van der Waals surface area contributed by atoms with E-state index in [0.29, 0.717) is 5.92 Å². The lowest BCUT2D eigenvalue weighted by Gasteiger charge is -2.08. The molecule has 96 valence electrons. The van der Waals surface area contributed by atoms with Crippen LogP contribution in [0.1, 0.15) is 25.5 Å². The number of nitrogen functional groups attached to an aromatic ring is 1. The zero-order valence-electron chi connectivity index (χ0n) is 11.0. The Hall–Kier alpha value is -2.36. The molecule has 0 spiro atoms. The largest absolute Gasteiger partial charge is 0.398 e. The monoisotopic (exact) mass is 252 g/mol. The van der Waals surface area contributed by atoms with Crippen molar-refractivity contribution in [3.63, 3.8) is 0 Å². The number of nitrogens with two attached hydrogens (primary N) is 1. The summed E-state index contributed by atoms with van der Waals surface area (Å²) in [5.41, 5.74) is 8.83. The maximum atomic E-state index is 5.99. The zero-order valence-corrected chi connectivity index (χ0v) is 11.0. The van der Waals surface area contributed by atoms with Crippen molar-refractivity contribution in [3.8, 4) is 5.69 Å². The minimum absolute atomic E-state index is 0.419. The molecule has 0 saturated carbocycles. The van der Waals surface area contributed by atoms with E-state index in [0.717, 1.165) is 27.8 Å². The van der Waals surface area contributed by atoms with Gasteiger partial charge in [0, 0.05) is 35.1 Å². The SMILES string of the molecule is CC(C)c1ccn(-c2ccc(N)c3cnccc23)n1. The van der Waals surface area contributed by atoms with Crippen LogP contribution in [0.2, 0.25) is 0 Å². The van der Waals surface area contributed by atoms with Crippen LogP contribution in [0, 0.1) is 0 Å². The van der Waals surface area contributed by atoms with Gasteiger partial charge in [0.05, 0.1) is 11.4 Å². The lowest BCUT2D eigenvalue weighted by atomic mass is 10.1. The Morgan fingerprint density at radius 2 is 1.95 bits per heavy atom. The van der Waals surface area contributed by atoms with E-state index in [-0.39, 0.29) is 0 Å². The average Bonchev–Trinajstić information content (AvgIpc) is 2.89. The predicted molar refractivity (Wildman–Crippen MR) is 77.4 cm³/mol. The minimum atomic E-state index is 0.419. The summed E-state index contributed by atoms with van der Waals surface area (Å²) >= 11 is 0.